The molecule has 0 saturated carbocycles. The van der Waals surface area contributed by atoms with Crippen molar-refractivity contribution in [3.05, 3.63) is 45.9 Å². The number of methoxy groups -OCH3 is 1. The van der Waals surface area contributed by atoms with Crippen LogP contribution in [0.25, 0.3) is 10.9 Å². The fraction of sp³-hybridized carbons (Fsp3) is 0.333. The molecule has 0 bridgehead atoms. The SMILES string of the molecule is COc1cc2c(Nc3cc(Cl)c(Br)cc3F)ncnc2cc1O[C@@H]1COC2CCOC21. The molecule has 1 N–H and O–H groups in total. The van der Waals surface area contributed by atoms with Crippen LogP contribution in [0.15, 0.2) is 35.1 Å². The molecular weight excluding hydrogens is 493 g/mol. The normalized spacial score (nSPS) is 22.5. The highest BCUT2D eigenvalue weighted by Crippen LogP contribution is 2.38. The average molecular weight is 511 g/mol. The van der Waals surface area contributed by atoms with Crippen LogP contribution in [-0.2, 0) is 9.47 Å². The topological polar surface area (TPSA) is 74.7 Å². The summed E-state index contributed by atoms with van der Waals surface area (Å²) in [6.07, 6.45) is 2.03. The quantitative estimate of drug-likeness (QED) is 0.491. The van der Waals surface area contributed by atoms with Gasteiger partial charge in [0.2, 0.25) is 0 Å². The fourth-order valence-electron chi connectivity index (χ4n) is 3.86. The first-order chi connectivity index (χ1) is 15.0. The highest BCUT2D eigenvalue weighted by molar-refractivity contribution is 9.10. The average Bonchev–Trinajstić information content (AvgIpc) is 3.37. The van der Waals surface area contributed by atoms with Crippen molar-refractivity contribution in [2.24, 2.45) is 0 Å². The second-order valence-corrected chi connectivity index (χ2v) is 8.53. The number of aromatic nitrogens is 2. The molecule has 2 aromatic carbocycles. The van der Waals surface area contributed by atoms with Gasteiger partial charge in [-0.15, -0.1) is 0 Å². The minimum atomic E-state index is -0.470. The predicted octanol–water partition coefficient (Wildman–Crippen LogP) is 4.87. The number of nitrogens with zero attached hydrogens (tertiary/aromatic N) is 2. The summed E-state index contributed by atoms with van der Waals surface area (Å²) in [6, 6.07) is 6.31. The second kappa shape index (κ2) is 8.38. The van der Waals surface area contributed by atoms with E-state index in [-0.39, 0.29) is 24.0 Å². The van der Waals surface area contributed by atoms with Gasteiger partial charge in [-0.2, -0.15) is 0 Å². The zero-order chi connectivity index (χ0) is 21.5. The van der Waals surface area contributed by atoms with Crippen LogP contribution in [0.4, 0.5) is 15.9 Å². The first-order valence-electron chi connectivity index (χ1n) is 9.67. The number of rotatable bonds is 5. The summed E-state index contributed by atoms with van der Waals surface area (Å²) in [5.74, 6) is 0.973. The van der Waals surface area contributed by atoms with Crippen molar-refractivity contribution in [2.75, 3.05) is 25.6 Å². The van der Waals surface area contributed by atoms with E-state index in [4.69, 9.17) is 30.5 Å². The highest BCUT2D eigenvalue weighted by Gasteiger charge is 2.43. The monoisotopic (exact) mass is 509 g/mol. The first-order valence-corrected chi connectivity index (χ1v) is 10.8. The van der Waals surface area contributed by atoms with E-state index in [0.717, 1.165) is 6.42 Å². The summed E-state index contributed by atoms with van der Waals surface area (Å²) >= 11 is 9.33. The largest absolute Gasteiger partial charge is 0.493 e. The van der Waals surface area contributed by atoms with E-state index in [2.05, 4.69) is 31.2 Å². The molecule has 0 aliphatic carbocycles. The Morgan fingerprint density at radius 2 is 2.06 bits per heavy atom. The number of halogens is 3. The minimum Gasteiger partial charge on any atom is -0.493 e. The van der Waals surface area contributed by atoms with Crippen LogP contribution in [-0.4, -0.2) is 48.6 Å². The van der Waals surface area contributed by atoms with Gasteiger partial charge in [0.25, 0.3) is 0 Å². The van der Waals surface area contributed by atoms with Crippen molar-refractivity contribution in [2.45, 2.75) is 24.7 Å². The lowest BCUT2D eigenvalue weighted by molar-refractivity contribution is 0.0298. The van der Waals surface area contributed by atoms with Crippen molar-refractivity contribution >= 4 is 49.9 Å². The Labute approximate surface area is 190 Å². The second-order valence-electron chi connectivity index (χ2n) is 7.27. The molecule has 3 atom stereocenters. The Kier molecular flexibility index (Phi) is 5.60. The summed E-state index contributed by atoms with van der Waals surface area (Å²) in [5, 5.41) is 4.01. The molecule has 3 heterocycles. The van der Waals surface area contributed by atoms with Gasteiger partial charge in [0.1, 0.15) is 24.1 Å². The van der Waals surface area contributed by atoms with E-state index in [1.165, 1.54) is 18.5 Å². The lowest BCUT2D eigenvalue weighted by Gasteiger charge is -2.20. The van der Waals surface area contributed by atoms with Gasteiger partial charge < -0.3 is 24.3 Å². The number of anilines is 2. The molecule has 31 heavy (non-hydrogen) atoms. The van der Waals surface area contributed by atoms with E-state index in [9.17, 15) is 4.39 Å². The van der Waals surface area contributed by atoms with Crippen molar-refractivity contribution in [1.82, 2.24) is 9.97 Å². The zero-order valence-electron chi connectivity index (χ0n) is 16.4. The fourth-order valence-corrected chi connectivity index (χ4v) is 4.33. The maximum absolute atomic E-state index is 14.4. The van der Waals surface area contributed by atoms with Gasteiger partial charge in [-0.25, -0.2) is 14.4 Å². The number of fused-ring (bicyclic) bond motifs is 2. The lowest BCUT2D eigenvalue weighted by Crippen LogP contribution is -2.32. The summed E-state index contributed by atoms with van der Waals surface area (Å²) < 4.78 is 38.1. The molecule has 1 aromatic heterocycles. The maximum Gasteiger partial charge on any atom is 0.164 e. The van der Waals surface area contributed by atoms with Gasteiger partial charge in [-0.1, -0.05) is 11.6 Å². The number of benzene rings is 2. The molecule has 2 saturated heterocycles. The number of hydrogen-bond acceptors (Lipinski definition) is 7. The molecule has 10 heteroatoms. The molecular formula is C21H18BrClFN3O4. The van der Waals surface area contributed by atoms with Crippen LogP contribution >= 0.6 is 27.5 Å². The molecule has 5 rings (SSSR count). The molecule has 0 amide bonds. The van der Waals surface area contributed by atoms with Crippen LogP contribution in [0.1, 0.15) is 6.42 Å². The highest BCUT2D eigenvalue weighted by atomic mass is 79.9. The summed E-state index contributed by atoms with van der Waals surface area (Å²) in [5.41, 5.74) is 0.805. The molecule has 2 fully saturated rings. The van der Waals surface area contributed by atoms with E-state index in [1.807, 2.05) is 0 Å². The van der Waals surface area contributed by atoms with E-state index >= 15 is 0 Å². The van der Waals surface area contributed by atoms with Gasteiger partial charge in [0.15, 0.2) is 17.6 Å². The van der Waals surface area contributed by atoms with Crippen LogP contribution in [0.3, 0.4) is 0 Å². The maximum atomic E-state index is 14.4. The van der Waals surface area contributed by atoms with Crippen molar-refractivity contribution in [3.63, 3.8) is 0 Å². The Balaban J connectivity index is 1.48. The molecule has 2 aliphatic heterocycles. The lowest BCUT2D eigenvalue weighted by atomic mass is 10.1. The molecule has 162 valence electrons. The molecule has 2 unspecified atom stereocenters. The van der Waals surface area contributed by atoms with Crippen LogP contribution in [0.2, 0.25) is 5.02 Å². The van der Waals surface area contributed by atoms with Gasteiger partial charge in [0, 0.05) is 22.5 Å². The summed E-state index contributed by atoms with van der Waals surface area (Å²) in [6.45, 7) is 1.12. The third-order valence-electron chi connectivity index (χ3n) is 5.38. The van der Waals surface area contributed by atoms with Gasteiger partial charge in [-0.05, 0) is 40.5 Å². The Morgan fingerprint density at radius 3 is 2.90 bits per heavy atom. The number of hydrogen-bond donors (Lipinski definition) is 1. The Bertz CT molecular complexity index is 1150. The van der Waals surface area contributed by atoms with Crippen LogP contribution in [0.5, 0.6) is 11.5 Å². The molecule has 3 aromatic rings. The number of nitrogens with one attached hydrogen (secondary N) is 1. The van der Waals surface area contributed by atoms with Crippen molar-refractivity contribution < 1.29 is 23.3 Å². The smallest absolute Gasteiger partial charge is 0.164 e. The van der Waals surface area contributed by atoms with E-state index in [1.54, 1.807) is 19.2 Å². The standard InChI is InChI=1S/C21H18BrClFN3O4/c1-28-17-4-10-14(7-18(17)31-19-8-30-16-2-3-29-20(16)19)25-9-26-21(10)27-15-6-12(23)11(22)5-13(15)24/h4-7,9,16,19-20H,2-3,8H2,1H3,(H,25,26,27)/t16?,19-,20?/m1/s1. The third-order valence-corrected chi connectivity index (χ3v) is 6.58. The van der Waals surface area contributed by atoms with E-state index in [0.29, 0.717) is 50.9 Å². The predicted molar refractivity (Wildman–Crippen MR) is 117 cm³/mol. The van der Waals surface area contributed by atoms with Gasteiger partial charge >= 0.3 is 0 Å². The summed E-state index contributed by atoms with van der Waals surface area (Å²) in [4.78, 5) is 8.61. The molecule has 0 spiro atoms. The molecule has 7 nitrogen and oxygen atoms in total. The van der Waals surface area contributed by atoms with E-state index < -0.39 is 5.82 Å². The van der Waals surface area contributed by atoms with Crippen LogP contribution in [0, 0.1) is 5.82 Å². The zero-order valence-corrected chi connectivity index (χ0v) is 18.7. The van der Waals surface area contributed by atoms with Crippen LogP contribution < -0.4 is 14.8 Å². The summed E-state index contributed by atoms with van der Waals surface area (Å²) in [7, 11) is 1.55. The Hall–Kier alpha value is -2.20. The van der Waals surface area contributed by atoms with Gasteiger partial charge in [-0.3, -0.25) is 0 Å². The van der Waals surface area contributed by atoms with Crippen molar-refractivity contribution in [1.29, 1.82) is 0 Å². The van der Waals surface area contributed by atoms with Crippen molar-refractivity contribution in [3.8, 4) is 11.5 Å². The first kappa shape index (κ1) is 20.7. The number of ether oxygens (including phenoxy) is 4. The molecule has 2 aliphatic rings. The molecule has 0 radical (unpaired) electrons. The minimum absolute atomic E-state index is 0.0715. The van der Waals surface area contributed by atoms with Gasteiger partial charge in [0.05, 0.1) is 36.0 Å². The third kappa shape index (κ3) is 3.91. The Morgan fingerprint density at radius 1 is 1.19 bits per heavy atom.